The van der Waals surface area contributed by atoms with Crippen molar-refractivity contribution >= 4 is 5.91 Å². The highest BCUT2D eigenvalue weighted by Gasteiger charge is 2.22. The molecule has 3 aromatic carbocycles. The molecule has 186 valence electrons. The lowest BCUT2D eigenvalue weighted by Gasteiger charge is -2.25. The van der Waals surface area contributed by atoms with Gasteiger partial charge in [0.15, 0.2) is 0 Å². The first-order valence-electron chi connectivity index (χ1n) is 11.7. The van der Waals surface area contributed by atoms with Crippen molar-refractivity contribution in [2.24, 2.45) is 0 Å². The van der Waals surface area contributed by atoms with Gasteiger partial charge in [0, 0.05) is 19.2 Å². The van der Waals surface area contributed by atoms with E-state index >= 15 is 0 Å². The Bertz CT molecular complexity index is 1130. The van der Waals surface area contributed by atoms with Gasteiger partial charge in [-0.2, -0.15) is 0 Å². The van der Waals surface area contributed by atoms with E-state index in [1.54, 1.807) is 19.1 Å². The molecule has 0 aliphatic carbocycles. The number of amides is 1. The number of carbonyl (C=O) groups is 1. The van der Waals surface area contributed by atoms with E-state index in [0.29, 0.717) is 23.2 Å². The van der Waals surface area contributed by atoms with E-state index in [2.05, 4.69) is 29.7 Å². The SMILES string of the molecule is CCc1cccc(CNC[C@@H](O)[C@H](Cc2cc(F)cc(F)c2)NC(=O)Cc2ccc(C)c(O)c2)c1. The van der Waals surface area contributed by atoms with Crippen LogP contribution in [0.5, 0.6) is 5.75 Å². The Morgan fingerprint density at radius 1 is 0.943 bits per heavy atom. The fraction of sp³-hybridized carbons (Fsp3) is 0.321. The first-order chi connectivity index (χ1) is 16.7. The molecule has 0 unspecified atom stereocenters. The predicted octanol–water partition coefficient (Wildman–Crippen LogP) is 3.96. The number of aliphatic hydroxyl groups is 1. The molecule has 3 aromatic rings. The van der Waals surface area contributed by atoms with Gasteiger partial charge >= 0.3 is 0 Å². The van der Waals surface area contributed by atoms with E-state index in [4.69, 9.17) is 0 Å². The molecule has 0 saturated heterocycles. The van der Waals surface area contributed by atoms with Crippen LogP contribution < -0.4 is 10.6 Å². The average Bonchev–Trinajstić information content (AvgIpc) is 2.80. The molecule has 0 bridgehead atoms. The highest BCUT2D eigenvalue weighted by atomic mass is 19.1. The van der Waals surface area contributed by atoms with Gasteiger partial charge in [-0.1, -0.05) is 43.3 Å². The number of rotatable bonds is 11. The van der Waals surface area contributed by atoms with E-state index in [-0.39, 0.29) is 31.0 Å². The number of benzene rings is 3. The maximum atomic E-state index is 13.7. The van der Waals surface area contributed by atoms with Crippen LogP contribution in [0.4, 0.5) is 8.78 Å². The van der Waals surface area contributed by atoms with Crippen LogP contribution in [-0.4, -0.2) is 34.8 Å². The molecule has 35 heavy (non-hydrogen) atoms. The molecule has 3 rings (SSSR count). The van der Waals surface area contributed by atoms with Crippen LogP contribution >= 0.6 is 0 Å². The number of nitrogens with one attached hydrogen (secondary N) is 2. The maximum absolute atomic E-state index is 13.7. The molecule has 0 fully saturated rings. The summed E-state index contributed by atoms with van der Waals surface area (Å²) in [5, 5.41) is 26.8. The molecule has 0 radical (unpaired) electrons. The summed E-state index contributed by atoms with van der Waals surface area (Å²) in [7, 11) is 0. The summed E-state index contributed by atoms with van der Waals surface area (Å²) < 4.78 is 27.5. The number of aliphatic hydroxyl groups excluding tert-OH is 1. The second-order valence-electron chi connectivity index (χ2n) is 8.83. The van der Waals surface area contributed by atoms with Gasteiger partial charge in [-0.25, -0.2) is 8.78 Å². The minimum absolute atomic E-state index is 0.00812. The Kier molecular flexibility index (Phi) is 9.34. The number of halogens is 2. The van der Waals surface area contributed by atoms with Crippen molar-refractivity contribution in [3.05, 3.63) is 100 Å². The molecule has 0 aliphatic heterocycles. The summed E-state index contributed by atoms with van der Waals surface area (Å²) in [6.07, 6.45) is -0.0429. The third-order valence-electron chi connectivity index (χ3n) is 5.91. The maximum Gasteiger partial charge on any atom is 0.224 e. The Hall–Kier alpha value is -3.29. The molecule has 4 N–H and O–H groups in total. The van der Waals surface area contributed by atoms with Gasteiger partial charge in [-0.15, -0.1) is 0 Å². The molecule has 2 atom stereocenters. The minimum atomic E-state index is -1.01. The molecule has 0 saturated carbocycles. The zero-order valence-electron chi connectivity index (χ0n) is 20.0. The average molecular weight is 483 g/mol. The van der Waals surface area contributed by atoms with Gasteiger partial charge < -0.3 is 20.8 Å². The number of phenols is 1. The summed E-state index contributed by atoms with van der Waals surface area (Å²) in [6.45, 7) is 4.54. The second-order valence-corrected chi connectivity index (χ2v) is 8.83. The summed E-state index contributed by atoms with van der Waals surface area (Å²) in [6, 6.07) is 15.5. The number of aromatic hydroxyl groups is 1. The smallest absolute Gasteiger partial charge is 0.224 e. The third kappa shape index (κ3) is 8.16. The van der Waals surface area contributed by atoms with Gasteiger partial charge in [0.1, 0.15) is 17.4 Å². The van der Waals surface area contributed by atoms with Crippen molar-refractivity contribution in [3.63, 3.8) is 0 Å². The topological polar surface area (TPSA) is 81.6 Å². The van der Waals surface area contributed by atoms with Gasteiger partial charge in [0.05, 0.1) is 18.6 Å². The van der Waals surface area contributed by atoms with Gasteiger partial charge in [-0.05, 0) is 65.8 Å². The number of carbonyl (C=O) groups excluding carboxylic acids is 1. The summed E-state index contributed by atoms with van der Waals surface area (Å²) in [4.78, 5) is 12.7. The van der Waals surface area contributed by atoms with Crippen molar-refractivity contribution in [2.75, 3.05) is 6.54 Å². The highest BCUT2D eigenvalue weighted by molar-refractivity contribution is 5.79. The van der Waals surface area contributed by atoms with Crippen molar-refractivity contribution in [1.29, 1.82) is 0 Å². The fourth-order valence-electron chi connectivity index (χ4n) is 3.94. The number of aryl methyl sites for hydroxylation is 2. The molecule has 0 aliphatic rings. The van der Waals surface area contributed by atoms with Crippen molar-refractivity contribution in [3.8, 4) is 5.75 Å². The van der Waals surface area contributed by atoms with Crippen LogP contribution in [0.2, 0.25) is 0 Å². The molecule has 5 nitrogen and oxygen atoms in total. The monoisotopic (exact) mass is 482 g/mol. The Morgan fingerprint density at radius 2 is 1.66 bits per heavy atom. The summed E-state index contributed by atoms with van der Waals surface area (Å²) in [5.74, 6) is -1.71. The van der Waals surface area contributed by atoms with E-state index in [0.717, 1.165) is 18.1 Å². The van der Waals surface area contributed by atoms with Crippen molar-refractivity contribution in [1.82, 2.24) is 10.6 Å². The van der Waals surface area contributed by atoms with Crippen LogP contribution in [0.15, 0.2) is 60.7 Å². The number of hydrogen-bond donors (Lipinski definition) is 4. The van der Waals surface area contributed by atoms with Crippen molar-refractivity contribution < 1.29 is 23.8 Å². The normalized spacial score (nSPS) is 12.8. The molecule has 0 aromatic heterocycles. The lowest BCUT2D eigenvalue weighted by molar-refractivity contribution is -0.122. The first-order valence-corrected chi connectivity index (χ1v) is 11.7. The van der Waals surface area contributed by atoms with Crippen LogP contribution in [0.25, 0.3) is 0 Å². The largest absolute Gasteiger partial charge is 0.508 e. The third-order valence-corrected chi connectivity index (χ3v) is 5.91. The van der Waals surface area contributed by atoms with E-state index in [1.807, 2.05) is 12.1 Å². The number of phenolic OH excluding ortho intramolecular Hbond substituents is 1. The molecular formula is C28H32F2N2O3. The van der Waals surface area contributed by atoms with Crippen molar-refractivity contribution in [2.45, 2.75) is 51.8 Å². The Morgan fingerprint density at radius 3 is 2.34 bits per heavy atom. The van der Waals surface area contributed by atoms with E-state index < -0.39 is 23.8 Å². The lowest BCUT2D eigenvalue weighted by Crippen LogP contribution is -2.49. The van der Waals surface area contributed by atoms with E-state index in [9.17, 15) is 23.8 Å². The quantitative estimate of drug-likeness (QED) is 0.334. The standard InChI is InChI=1S/C28H32F2N2O3/c1-3-19-5-4-6-21(9-19)16-31-17-27(34)25(12-22-10-23(29)15-24(30)11-22)32-28(35)14-20-8-7-18(2)26(33)13-20/h4-11,13,15,25,27,31,33-34H,3,12,14,16-17H2,1-2H3,(H,32,35)/t25-,27+/m0/s1. The predicted molar refractivity (Wildman–Crippen MR) is 132 cm³/mol. The highest BCUT2D eigenvalue weighted by Crippen LogP contribution is 2.18. The summed E-state index contributed by atoms with van der Waals surface area (Å²) >= 11 is 0. The Balaban J connectivity index is 1.68. The van der Waals surface area contributed by atoms with Crippen LogP contribution in [-0.2, 0) is 30.6 Å². The molecule has 0 heterocycles. The van der Waals surface area contributed by atoms with Gasteiger partial charge in [0.2, 0.25) is 5.91 Å². The Labute approximate surface area is 204 Å². The molecule has 0 spiro atoms. The first kappa shape index (κ1) is 26.3. The summed E-state index contributed by atoms with van der Waals surface area (Å²) in [5.41, 5.74) is 3.93. The molecule has 1 amide bonds. The van der Waals surface area contributed by atoms with E-state index in [1.165, 1.54) is 23.8 Å². The number of hydrogen-bond acceptors (Lipinski definition) is 4. The zero-order chi connectivity index (χ0) is 25.4. The zero-order valence-corrected chi connectivity index (χ0v) is 20.0. The molecule has 7 heteroatoms. The minimum Gasteiger partial charge on any atom is -0.508 e. The van der Waals surface area contributed by atoms with Crippen LogP contribution in [0.1, 0.15) is 34.7 Å². The molecular weight excluding hydrogens is 450 g/mol. The van der Waals surface area contributed by atoms with Gasteiger partial charge in [0.25, 0.3) is 0 Å². The lowest BCUT2D eigenvalue weighted by atomic mass is 9.99. The van der Waals surface area contributed by atoms with Crippen LogP contribution in [0, 0.1) is 18.6 Å². The fourth-order valence-corrected chi connectivity index (χ4v) is 3.94. The van der Waals surface area contributed by atoms with Gasteiger partial charge in [-0.3, -0.25) is 4.79 Å². The van der Waals surface area contributed by atoms with Crippen LogP contribution in [0.3, 0.4) is 0 Å². The second kappa shape index (κ2) is 12.4.